The maximum Gasteiger partial charge on any atom is 0.228 e. The van der Waals surface area contributed by atoms with Gasteiger partial charge >= 0.3 is 0 Å². The van der Waals surface area contributed by atoms with Crippen LogP contribution in [0.15, 0.2) is 48.5 Å². The Morgan fingerprint density at radius 1 is 1.06 bits per heavy atom. The lowest BCUT2D eigenvalue weighted by Gasteiger charge is -2.36. The highest BCUT2D eigenvalue weighted by molar-refractivity contribution is 5.84. The van der Waals surface area contributed by atoms with Gasteiger partial charge in [-0.05, 0) is 73.5 Å². The molecule has 6 heteroatoms. The van der Waals surface area contributed by atoms with Crippen molar-refractivity contribution < 1.29 is 18.7 Å². The van der Waals surface area contributed by atoms with Crippen LogP contribution in [0.4, 0.5) is 4.39 Å². The van der Waals surface area contributed by atoms with E-state index in [1.807, 2.05) is 6.92 Å². The number of carbonyl (C=O) groups excluding carboxylic acids is 1. The molecule has 2 unspecified atom stereocenters. The first-order valence-electron chi connectivity index (χ1n) is 13.0. The molecule has 35 heavy (non-hydrogen) atoms. The van der Waals surface area contributed by atoms with Crippen molar-refractivity contribution in [3.63, 3.8) is 0 Å². The summed E-state index contributed by atoms with van der Waals surface area (Å²) in [5.74, 6) is 0.320. The number of halogens is 1. The predicted octanol–water partition coefficient (Wildman–Crippen LogP) is 5.21. The lowest BCUT2D eigenvalue weighted by molar-refractivity contribution is -0.124. The first-order chi connectivity index (χ1) is 16.9. The minimum Gasteiger partial charge on any atom is -0.351 e. The van der Waals surface area contributed by atoms with Crippen molar-refractivity contribution in [1.82, 2.24) is 10.2 Å². The fourth-order valence-corrected chi connectivity index (χ4v) is 5.16. The third-order valence-electron chi connectivity index (χ3n) is 7.31. The summed E-state index contributed by atoms with van der Waals surface area (Å²) in [6, 6.07) is 14.9. The Morgan fingerprint density at radius 2 is 1.71 bits per heavy atom. The highest BCUT2D eigenvalue weighted by Crippen LogP contribution is 2.34. The SMILES string of the molecule is CC(C)c1ccc(C(C(=O)NCc2ccc(F)cc2)C2CCN(CCC3OC[C@H](C)O3)CC2)cc1. The fourth-order valence-electron chi connectivity index (χ4n) is 5.16. The normalized spacial score (nSPS) is 22.4. The van der Waals surface area contributed by atoms with Crippen molar-refractivity contribution in [2.45, 2.75) is 70.8 Å². The Hall–Kier alpha value is -2.28. The van der Waals surface area contributed by atoms with E-state index >= 15 is 0 Å². The molecule has 2 aromatic carbocycles. The molecule has 2 fully saturated rings. The van der Waals surface area contributed by atoms with Gasteiger partial charge in [0.05, 0.1) is 18.6 Å². The zero-order valence-electron chi connectivity index (χ0n) is 21.2. The molecule has 2 aromatic rings. The third-order valence-corrected chi connectivity index (χ3v) is 7.31. The summed E-state index contributed by atoms with van der Waals surface area (Å²) in [5.41, 5.74) is 3.25. The molecule has 2 heterocycles. The average molecular weight is 483 g/mol. The molecule has 0 aromatic heterocycles. The van der Waals surface area contributed by atoms with Crippen LogP contribution in [0.25, 0.3) is 0 Å². The number of piperidine rings is 1. The molecule has 2 aliphatic heterocycles. The van der Waals surface area contributed by atoms with Crippen LogP contribution in [0.1, 0.15) is 68.6 Å². The van der Waals surface area contributed by atoms with E-state index in [2.05, 4.69) is 48.3 Å². The minimum atomic E-state index is -0.268. The number of ether oxygens (including phenoxy) is 2. The molecule has 0 spiro atoms. The molecule has 0 radical (unpaired) electrons. The van der Waals surface area contributed by atoms with Gasteiger partial charge in [0.2, 0.25) is 5.91 Å². The fraction of sp³-hybridized carbons (Fsp3) is 0.552. The van der Waals surface area contributed by atoms with Crippen LogP contribution in [0, 0.1) is 11.7 Å². The number of hydrogen-bond acceptors (Lipinski definition) is 4. The molecular weight excluding hydrogens is 443 g/mol. The quantitative estimate of drug-likeness (QED) is 0.533. The topological polar surface area (TPSA) is 50.8 Å². The summed E-state index contributed by atoms with van der Waals surface area (Å²) in [6.45, 7) is 10.4. The maximum atomic E-state index is 13.5. The molecule has 4 rings (SSSR count). The molecule has 2 saturated heterocycles. The number of benzene rings is 2. The Morgan fingerprint density at radius 3 is 2.31 bits per heavy atom. The molecule has 0 saturated carbocycles. The van der Waals surface area contributed by atoms with Gasteiger partial charge in [-0.2, -0.15) is 0 Å². The molecular formula is C29H39FN2O3. The van der Waals surface area contributed by atoms with Gasteiger partial charge in [0.25, 0.3) is 0 Å². The smallest absolute Gasteiger partial charge is 0.228 e. The molecule has 1 amide bonds. The summed E-state index contributed by atoms with van der Waals surface area (Å²) in [7, 11) is 0. The van der Waals surface area contributed by atoms with Crippen LogP contribution >= 0.6 is 0 Å². The van der Waals surface area contributed by atoms with Crippen LogP contribution in [-0.2, 0) is 20.8 Å². The third kappa shape index (κ3) is 7.12. The van der Waals surface area contributed by atoms with Gasteiger partial charge in [-0.1, -0.05) is 50.2 Å². The van der Waals surface area contributed by atoms with Gasteiger partial charge < -0.3 is 19.7 Å². The first kappa shape index (κ1) is 25.8. The highest BCUT2D eigenvalue weighted by atomic mass is 19.1. The Balaban J connectivity index is 1.39. The monoisotopic (exact) mass is 482 g/mol. The van der Waals surface area contributed by atoms with Crippen LogP contribution in [0.2, 0.25) is 0 Å². The predicted molar refractivity (Wildman–Crippen MR) is 136 cm³/mol. The van der Waals surface area contributed by atoms with Gasteiger partial charge in [0, 0.05) is 19.5 Å². The summed E-state index contributed by atoms with van der Waals surface area (Å²) in [4.78, 5) is 15.9. The Bertz CT molecular complexity index is 939. The van der Waals surface area contributed by atoms with E-state index in [-0.39, 0.29) is 36.0 Å². The number of likely N-dealkylation sites (tertiary alicyclic amines) is 1. The van der Waals surface area contributed by atoms with Gasteiger partial charge in [-0.3, -0.25) is 4.79 Å². The minimum absolute atomic E-state index is 0.0480. The Labute approximate surface area is 209 Å². The van der Waals surface area contributed by atoms with Gasteiger partial charge in [0.15, 0.2) is 6.29 Å². The zero-order valence-corrected chi connectivity index (χ0v) is 21.2. The zero-order chi connectivity index (χ0) is 24.8. The highest BCUT2D eigenvalue weighted by Gasteiger charge is 2.33. The number of nitrogens with zero attached hydrogens (tertiary/aromatic N) is 1. The van der Waals surface area contributed by atoms with E-state index in [0.717, 1.165) is 50.0 Å². The molecule has 3 atom stereocenters. The number of amides is 1. The second-order valence-corrected chi connectivity index (χ2v) is 10.3. The summed E-state index contributed by atoms with van der Waals surface area (Å²) in [5, 5.41) is 3.12. The van der Waals surface area contributed by atoms with E-state index in [0.29, 0.717) is 19.1 Å². The van der Waals surface area contributed by atoms with Crippen molar-refractivity contribution in [1.29, 1.82) is 0 Å². The van der Waals surface area contributed by atoms with Crippen molar-refractivity contribution >= 4 is 5.91 Å². The number of nitrogens with one attached hydrogen (secondary N) is 1. The van der Waals surface area contributed by atoms with Crippen molar-refractivity contribution in [3.05, 3.63) is 71.0 Å². The lowest BCUT2D eigenvalue weighted by atomic mass is 9.79. The van der Waals surface area contributed by atoms with Crippen LogP contribution < -0.4 is 5.32 Å². The van der Waals surface area contributed by atoms with Crippen molar-refractivity contribution in [2.75, 3.05) is 26.2 Å². The van der Waals surface area contributed by atoms with E-state index in [4.69, 9.17) is 9.47 Å². The summed E-state index contributed by atoms with van der Waals surface area (Å²) >= 11 is 0. The Kier molecular flexibility index (Phi) is 8.93. The van der Waals surface area contributed by atoms with E-state index in [1.165, 1.54) is 17.7 Å². The van der Waals surface area contributed by atoms with Gasteiger partial charge in [0.1, 0.15) is 5.82 Å². The maximum absolute atomic E-state index is 13.5. The van der Waals surface area contributed by atoms with E-state index in [9.17, 15) is 9.18 Å². The van der Waals surface area contributed by atoms with E-state index in [1.54, 1.807) is 12.1 Å². The molecule has 0 aliphatic carbocycles. The van der Waals surface area contributed by atoms with Crippen molar-refractivity contribution in [3.8, 4) is 0 Å². The first-order valence-corrected chi connectivity index (χ1v) is 13.0. The molecule has 2 aliphatic rings. The molecule has 5 nitrogen and oxygen atoms in total. The number of carbonyl (C=O) groups is 1. The second kappa shape index (κ2) is 12.1. The summed E-state index contributed by atoms with van der Waals surface area (Å²) < 4.78 is 24.7. The number of hydrogen-bond donors (Lipinski definition) is 1. The van der Waals surface area contributed by atoms with Gasteiger partial charge in [-0.15, -0.1) is 0 Å². The van der Waals surface area contributed by atoms with E-state index < -0.39 is 0 Å². The van der Waals surface area contributed by atoms with Crippen LogP contribution in [-0.4, -0.2) is 49.4 Å². The molecule has 1 N–H and O–H groups in total. The largest absolute Gasteiger partial charge is 0.351 e. The molecule has 190 valence electrons. The second-order valence-electron chi connectivity index (χ2n) is 10.3. The molecule has 0 bridgehead atoms. The van der Waals surface area contributed by atoms with Gasteiger partial charge in [-0.25, -0.2) is 4.39 Å². The standard InChI is InChI=1S/C29H39FN2O3/c1-20(2)23-6-8-24(9-7-23)28(29(33)31-18-22-4-10-26(30)11-5-22)25-12-15-32(16-13-25)17-14-27-34-19-21(3)35-27/h4-11,20-21,25,27-28H,12-19H2,1-3H3,(H,31,33)/t21-,27?,28?/m0/s1. The lowest BCUT2D eigenvalue weighted by Crippen LogP contribution is -2.41. The van der Waals surface area contributed by atoms with Crippen LogP contribution in [0.3, 0.4) is 0 Å². The number of rotatable bonds is 9. The summed E-state index contributed by atoms with van der Waals surface area (Å²) in [6.07, 6.45) is 2.93. The van der Waals surface area contributed by atoms with Crippen LogP contribution in [0.5, 0.6) is 0 Å². The van der Waals surface area contributed by atoms with Crippen molar-refractivity contribution in [2.24, 2.45) is 5.92 Å². The average Bonchev–Trinajstić information content (AvgIpc) is 3.28.